The number of nitrogens with one attached hydrogen (secondary N) is 3. The Balaban J connectivity index is 2.38. The zero-order valence-electron chi connectivity index (χ0n) is 14.6. The first-order chi connectivity index (χ1) is 11.5. The van der Waals surface area contributed by atoms with Gasteiger partial charge in [0.2, 0.25) is 10.0 Å². The molecular weight excluding hydrogens is 328 g/mol. The first kappa shape index (κ1) is 20.4. The van der Waals surface area contributed by atoms with Crippen molar-refractivity contribution in [2.24, 2.45) is 4.99 Å². The van der Waals surface area contributed by atoms with Crippen LogP contribution in [0.1, 0.15) is 25.3 Å². The van der Waals surface area contributed by atoms with Crippen LogP contribution in [0.2, 0.25) is 0 Å². The van der Waals surface area contributed by atoms with E-state index in [-0.39, 0.29) is 4.90 Å². The molecular formula is C16H28N4O3S. The lowest BCUT2D eigenvalue weighted by molar-refractivity contribution is 0.143. The Kier molecular flexibility index (Phi) is 9.36. The monoisotopic (exact) mass is 356 g/mol. The molecule has 0 aromatic heterocycles. The van der Waals surface area contributed by atoms with Crippen LogP contribution < -0.4 is 15.4 Å². The maximum atomic E-state index is 11.7. The standard InChI is InChI=1S/C16H28N4O3S/c1-4-23-12-6-5-11-19-16(17-2)20-13-14-7-9-15(10-8-14)24(21,22)18-3/h7-10,18H,4-6,11-13H2,1-3H3,(H2,17,19,20). The number of hydrogen-bond donors (Lipinski definition) is 3. The van der Waals surface area contributed by atoms with E-state index in [1.165, 1.54) is 7.05 Å². The van der Waals surface area contributed by atoms with E-state index in [0.717, 1.165) is 44.1 Å². The maximum absolute atomic E-state index is 11.7. The molecule has 0 amide bonds. The van der Waals surface area contributed by atoms with Gasteiger partial charge in [-0.25, -0.2) is 13.1 Å². The fourth-order valence-corrected chi connectivity index (χ4v) is 2.72. The van der Waals surface area contributed by atoms with Crippen molar-refractivity contribution in [3.8, 4) is 0 Å². The highest BCUT2D eigenvalue weighted by Crippen LogP contribution is 2.09. The Hall–Kier alpha value is -1.64. The number of guanidine groups is 1. The number of benzene rings is 1. The van der Waals surface area contributed by atoms with E-state index >= 15 is 0 Å². The van der Waals surface area contributed by atoms with Gasteiger partial charge < -0.3 is 15.4 Å². The van der Waals surface area contributed by atoms with Crippen molar-refractivity contribution in [2.45, 2.75) is 31.2 Å². The summed E-state index contributed by atoms with van der Waals surface area (Å²) in [6, 6.07) is 6.75. The summed E-state index contributed by atoms with van der Waals surface area (Å²) in [7, 11) is -0.271. The molecule has 3 N–H and O–H groups in total. The number of ether oxygens (including phenoxy) is 1. The number of hydrogen-bond acceptors (Lipinski definition) is 4. The average molecular weight is 356 g/mol. The highest BCUT2D eigenvalue weighted by molar-refractivity contribution is 7.89. The van der Waals surface area contributed by atoms with E-state index in [1.54, 1.807) is 31.3 Å². The molecule has 0 aliphatic rings. The van der Waals surface area contributed by atoms with Crippen molar-refractivity contribution < 1.29 is 13.2 Å². The molecule has 1 rings (SSSR count). The molecule has 7 nitrogen and oxygen atoms in total. The molecule has 0 saturated heterocycles. The molecule has 0 aliphatic heterocycles. The van der Waals surface area contributed by atoms with E-state index < -0.39 is 10.0 Å². The molecule has 0 spiro atoms. The summed E-state index contributed by atoms with van der Waals surface area (Å²) in [5, 5.41) is 6.44. The zero-order chi connectivity index (χ0) is 17.8. The average Bonchev–Trinajstić information content (AvgIpc) is 2.61. The highest BCUT2D eigenvalue weighted by atomic mass is 32.2. The summed E-state index contributed by atoms with van der Waals surface area (Å²) in [6.45, 7) is 4.92. The third-order valence-electron chi connectivity index (χ3n) is 3.40. The first-order valence-electron chi connectivity index (χ1n) is 8.08. The smallest absolute Gasteiger partial charge is 0.240 e. The van der Waals surface area contributed by atoms with Crippen molar-refractivity contribution in [1.82, 2.24) is 15.4 Å². The third kappa shape index (κ3) is 7.29. The lowest BCUT2D eigenvalue weighted by Crippen LogP contribution is -2.37. The molecule has 0 heterocycles. The van der Waals surface area contributed by atoms with Gasteiger partial charge in [0.05, 0.1) is 4.90 Å². The van der Waals surface area contributed by atoms with E-state index in [9.17, 15) is 8.42 Å². The van der Waals surface area contributed by atoms with Gasteiger partial charge in [0, 0.05) is 33.4 Å². The minimum absolute atomic E-state index is 0.255. The summed E-state index contributed by atoms with van der Waals surface area (Å²) in [6.07, 6.45) is 2.02. The van der Waals surface area contributed by atoms with Crippen molar-refractivity contribution in [3.05, 3.63) is 29.8 Å². The third-order valence-corrected chi connectivity index (χ3v) is 4.83. The van der Waals surface area contributed by atoms with Gasteiger partial charge in [-0.15, -0.1) is 0 Å². The van der Waals surface area contributed by atoms with Gasteiger partial charge in [-0.1, -0.05) is 12.1 Å². The van der Waals surface area contributed by atoms with Gasteiger partial charge in [0.1, 0.15) is 0 Å². The molecule has 0 bridgehead atoms. The van der Waals surface area contributed by atoms with Crippen LogP contribution in [0.15, 0.2) is 34.2 Å². The van der Waals surface area contributed by atoms with Crippen LogP contribution in [0, 0.1) is 0 Å². The number of rotatable bonds is 10. The van der Waals surface area contributed by atoms with E-state index in [4.69, 9.17) is 4.74 Å². The van der Waals surface area contributed by atoms with Crippen LogP contribution in [-0.4, -0.2) is 48.2 Å². The van der Waals surface area contributed by atoms with Crippen LogP contribution in [0.5, 0.6) is 0 Å². The van der Waals surface area contributed by atoms with Gasteiger partial charge >= 0.3 is 0 Å². The van der Waals surface area contributed by atoms with Gasteiger partial charge in [-0.05, 0) is 44.5 Å². The van der Waals surface area contributed by atoms with E-state index in [0.29, 0.717) is 6.54 Å². The minimum Gasteiger partial charge on any atom is -0.382 e. The quantitative estimate of drug-likeness (QED) is 0.331. The summed E-state index contributed by atoms with van der Waals surface area (Å²) < 4.78 is 30.9. The van der Waals surface area contributed by atoms with E-state index in [2.05, 4.69) is 20.3 Å². The fourth-order valence-electron chi connectivity index (χ4n) is 1.99. The Bertz CT molecular complexity index is 600. The molecule has 0 saturated carbocycles. The molecule has 1 aromatic rings. The van der Waals surface area contributed by atoms with Crippen LogP contribution in [0.4, 0.5) is 0 Å². The Morgan fingerprint density at radius 1 is 1.17 bits per heavy atom. The molecule has 24 heavy (non-hydrogen) atoms. The molecule has 0 fully saturated rings. The Morgan fingerprint density at radius 2 is 1.88 bits per heavy atom. The van der Waals surface area contributed by atoms with Crippen LogP contribution in [-0.2, 0) is 21.3 Å². The minimum atomic E-state index is -3.39. The second kappa shape index (κ2) is 11.0. The topological polar surface area (TPSA) is 91.8 Å². The van der Waals surface area contributed by atoms with Crippen LogP contribution in [0.25, 0.3) is 0 Å². The second-order valence-corrected chi connectivity index (χ2v) is 6.99. The number of sulfonamides is 1. The SMILES string of the molecule is CCOCCCCNC(=NC)NCc1ccc(S(=O)(=O)NC)cc1. The van der Waals surface area contributed by atoms with Crippen molar-refractivity contribution in [1.29, 1.82) is 0 Å². The predicted molar refractivity (Wildman–Crippen MR) is 96.6 cm³/mol. The molecule has 0 atom stereocenters. The molecule has 1 aromatic carbocycles. The van der Waals surface area contributed by atoms with Gasteiger partial charge in [0.25, 0.3) is 0 Å². The van der Waals surface area contributed by atoms with Gasteiger partial charge in [-0.2, -0.15) is 0 Å². The first-order valence-corrected chi connectivity index (χ1v) is 9.56. The Labute approximate surface area is 145 Å². The zero-order valence-corrected chi connectivity index (χ0v) is 15.4. The summed E-state index contributed by atoms with van der Waals surface area (Å²) in [4.78, 5) is 4.42. The summed E-state index contributed by atoms with van der Waals surface area (Å²) in [5.41, 5.74) is 0.976. The fraction of sp³-hybridized carbons (Fsp3) is 0.562. The lowest BCUT2D eigenvalue weighted by atomic mass is 10.2. The lowest BCUT2D eigenvalue weighted by Gasteiger charge is -2.12. The van der Waals surface area contributed by atoms with Gasteiger partial charge in [0.15, 0.2) is 5.96 Å². The summed E-state index contributed by atoms with van der Waals surface area (Å²) >= 11 is 0. The molecule has 0 aliphatic carbocycles. The van der Waals surface area contributed by atoms with Crippen molar-refractivity contribution >= 4 is 16.0 Å². The number of nitrogens with zero attached hydrogens (tertiary/aromatic N) is 1. The van der Waals surface area contributed by atoms with Gasteiger partial charge in [-0.3, -0.25) is 4.99 Å². The molecule has 0 radical (unpaired) electrons. The largest absolute Gasteiger partial charge is 0.382 e. The predicted octanol–water partition coefficient (Wildman–Crippen LogP) is 1.08. The van der Waals surface area contributed by atoms with Crippen LogP contribution in [0.3, 0.4) is 0 Å². The Morgan fingerprint density at radius 3 is 2.46 bits per heavy atom. The highest BCUT2D eigenvalue weighted by Gasteiger charge is 2.10. The van der Waals surface area contributed by atoms with Crippen molar-refractivity contribution in [2.75, 3.05) is 33.9 Å². The normalized spacial score (nSPS) is 12.2. The van der Waals surface area contributed by atoms with Crippen LogP contribution >= 0.6 is 0 Å². The number of aliphatic imine (C=N–C) groups is 1. The second-order valence-electron chi connectivity index (χ2n) is 5.11. The molecule has 8 heteroatoms. The summed E-state index contributed by atoms with van der Waals surface area (Å²) in [5.74, 6) is 0.721. The molecule has 136 valence electrons. The maximum Gasteiger partial charge on any atom is 0.240 e. The van der Waals surface area contributed by atoms with Crippen molar-refractivity contribution in [3.63, 3.8) is 0 Å². The number of unbranched alkanes of at least 4 members (excludes halogenated alkanes) is 1. The van der Waals surface area contributed by atoms with E-state index in [1.807, 2.05) is 6.92 Å². The molecule has 0 unspecified atom stereocenters.